The van der Waals surface area contributed by atoms with E-state index >= 15 is 0 Å². The highest BCUT2D eigenvalue weighted by atomic mass is 32.1. The maximum atomic E-state index is 5.21. The Kier molecular flexibility index (Phi) is 7.58. The van der Waals surface area contributed by atoms with Crippen molar-refractivity contribution in [3.8, 4) is 56.4 Å². The van der Waals surface area contributed by atoms with Crippen LogP contribution in [0.5, 0.6) is 0 Å². The van der Waals surface area contributed by atoms with Crippen molar-refractivity contribution in [1.29, 1.82) is 0 Å². The minimum Gasteiger partial charge on any atom is -0.208 e. The van der Waals surface area contributed by atoms with Crippen molar-refractivity contribution in [2.75, 3.05) is 0 Å². The second-order valence-electron chi connectivity index (χ2n) is 14.3. The van der Waals surface area contributed by atoms with E-state index in [0.29, 0.717) is 17.5 Å². The summed E-state index contributed by atoms with van der Waals surface area (Å²) < 4.78 is 2.61. The third-order valence-electron chi connectivity index (χ3n) is 11.2. The van der Waals surface area contributed by atoms with Gasteiger partial charge in [0.2, 0.25) is 0 Å². The fourth-order valence-corrected chi connectivity index (χ4v) is 9.80. The zero-order valence-electron chi connectivity index (χ0n) is 30.3. The Hall–Kier alpha value is -7.01. The Bertz CT molecular complexity index is 3020. The van der Waals surface area contributed by atoms with Crippen molar-refractivity contribution in [2.45, 2.75) is 5.41 Å². The molecule has 0 saturated carbocycles. The van der Waals surface area contributed by atoms with Crippen LogP contribution in [0, 0.1) is 0 Å². The molecule has 1 aliphatic rings. The molecule has 0 radical (unpaired) electrons. The number of thiophene rings is 1. The first-order valence-electron chi connectivity index (χ1n) is 18.9. The van der Waals surface area contributed by atoms with E-state index in [1.807, 2.05) is 29.5 Å². The fraction of sp³-hybridized carbons (Fsp3) is 0.0192. The fourth-order valence-electron chi connectivity index (χ4n) is 8.65. The number of rotatable bonds is 6. The molecule has 8 aromatic carbocycles. The van der Waals surface area contributed by atoms with E-state index in [9.17, 15) is 0 Å². The molecule has 262 valence electrons. The van der Waals surface area contributed by atoms with E-state index in [2.05, 4.69) is 182 Å². The highest BCUT2D eigenvalue weighted by molar-refractivity contribution is 7.25. The van der Waals surface area contributed by atoms with Gasteiger partial charge in [-0.3, -0.25) is 0 Å². The lowest BCUT2D eigenvalue weighted by atomic mass is 9.67. The van der Waals surface area contributed by atoms with Crippen molar-refractivity contribution in [3.63, 3.8) is 0 Å². The number of hydrogen-bond acceptors (Lipinski definition) is 4. The first kappa shape index (κ1) is 32.4. The van der Waals surface area contributed by atoms with E-state index in [4.69, 9.17) is 15.0 Å². The van der Waals surface area contributed by atoms with Crippen molar-refractivity contribution >= 4 is 31.5 Å². The van der Waals surface area contributed by atoms with Crippen LogP contribution < -0.4 is 0 Å². The Morgan fingerprint density at radius 2 is 0.821 bits per heavy atom. The molecule has 0 N–H and O–H groups in total. The standard InChI is InChI=1S/C52H33N3S/c1-4-14-35(15-5-1)49-53-50(36-26-24-34(25-27-36)37-28-31-44-43-21-11-13-23-47(43)56-48(44)33-37)55-51(54-49)38-29-30-42-41-20-10-12-22-45(41)52(46(42)32-38,39-16-6-2-7-17-39)40-18-8-3-9-19-40/h1-33H. The summed E-state index contributed by atoms with van der Waals surface area (Å²) in [5.41, 5.74) is 12.1. The second kappa shape index (κ2) is 13.1. The van der Waals surface area contributed by atoms with Gasteiger partial charge in [-0.1, -0.05) is 182 Å². The summed E-state index contributed by atoms with van der Waals surface area (Å²) in [5, 5.41) is 2.62. The normalized spacial score (nSPS) is 12.8. The van der Waals surface area contributed by atoms with Gasteiger partial charge in [0, 0.05) is 36.9 Å². The lowest BCUT2D eigenvalue weighted by Crippen LogP contribution is -2.28. The molecule has 0 atom stereocenters. The van der Waals surface area contributed by atoms with Gasteiger partial charge in [-0.05, 0) is 62.7 Å². The Labute approximate surface area is 329 Å². The molecule has 0 amide bonds. The van der Waals surface area contributed by atoms with Gasteiger partial charge in [0.05, 0.1) is 5.41 Å². The van der Waals surface area contributed by atoms with Crippen molar-refractivity contribution in [3.05, 3.63) is 222 Å². The van der Waals surface area contributed by atoms with Crippen LogP contribution in [0.15, 0.2) is 200 Å². The zero-order chi connectivity index (χ0) is 37.1. The highest BCUT2D eigenvalue weighted by Gasteiger charge is 2.46. The molecule has 0 bridgehead atoms. The molecule has 56 heavy (non-hydrogen) atoms. The van der Waals surface area contributed by atoms with Gasteiger partial charge in [0.15, 0.2) is 17.5 Å². The van der Waals surface area contributed by atoms with Gasteiger partial charge in [-0.2, -0.15) is 0 Å². The average molecular weight is 732 g/mol. The third kappa shape index (κ3) is 5.14. The second-order valence-corrected chi connectivity index (χ2v) is 15.4. The minimum absolute atomic E-state index is 0.517. The molecule has 0 saturated heterocycles. The van der Waals surface area contributed by atoms with Crippen LogP contribution in [0.2, 0.25) is 0 Å². The number of fused-ring (bicyclic) bond motifs is 6. The number of aromatic nitrogens is 3. The molecular formula is C52H33N3S. The minimum atomic E-state index is -0.517. The third-order valence-corrected chi connectivity index (χ3v) is 12.4. The van der Waals surface area contributed by atoms with Crippen molar-refractivity contribution in [1.82, 2.24) is 15.0 Å². The molecule has 0 unspecified atom stereocenters. The predicted octanol–water partition coefficient (Wildman–Crippen LogP) is 13.3. The zero-order valence-corrected chi connectivity index (χ0v) is 31.1. The molecule has 4 heteroatoms. The van der Waals surface area contributed by atoms with E-state index in [0.717, 1.165) is 22.3 Å². The predicted molar refractivity (Wildman–Crippen MR) is 232 cm³/mol. The van der Waals surface area contributed by atoms with E-state index < -0.39 is 5.41 Å². The number of hydrogen-bond donors (Lipinski definition) is 0. The van der Waals surface area contributed by atoms with Gasteiger partial charge in [-0.25, -0.2) is 15.0 Å². The number of benzene rings is 8. The largest absolute Gasteiger partial charge is 0.208 e. The maximum absolute atomic E-state index is 5.21. The molecule has 1 aliphatic carbocycles. The van der Waals surface area contributed by atoms with Crippen LogP contribution in [0.3, 0.4) is 0 Å². The lowest BCUT2D eigenvalue weighted by Gasteiger charge is -2.34. The lowest BCUT2D eigenvalue weighted by molar-refractivity contribution is 0.768. The summed E-state index contributed by atoms with van der Waals surface area (Å²) in [6.45, 7) is 0. The molecule has 3 nitrogen and oxygen atoms in total. The van der Waals surface area contributed by atoms with Gasteiger partial charge in [0.1, 0.15) is 0 Å². The Morgan fingerprint density at radius 1 is 0.321 bits per heavy atom. The molecule has 11 rings (SSSR count). The van der Waals surface area contributed by atoms with Crippen molar-refractivity contribution in [2.24, 2.45) is 0 Å². The summed E-state index contributed by atoms with van der Waals surface area (Å²) >= 11 is 1.84. The summed E-state index contributed by atoms with van der Waals surface area (Å²) in [4.78, 5) is 15.4. The van der Waals surface area contributed by atoms with Crippen LogP contribution in [0.4, 0.5) is 0 Å². The molecule has 2 aromatic heterocycles. The summed E-state index contributed by atoms with van der Waals surface area (Å²) in [6.07, 6.45) is 0. The molecule has 0 aliphatic heterocycles. The van der Waals surface area contributed by atoms with E-state index in [-0.39, 0.29) is 0 Å². The summed E-state index contributed by atoms with van der Waals surface area (Å²) in [5.74, 6) is 1.93. The monoisotopic (exact) mass is 731 g/mol. The smallest absolute Gasteiger partial charge is 0.164 e. The van der Waals surface area contributed by atoms with E-state index in [1.54, 1.807) is 0 Å². The first-order chi connectivity index (χ1) is 27.7. The Morgan fingerprint density at radius 3 is 1.54 bits per heavy atom. The van der Waals surface area contributed by atoms with Gasteiger partial charge < -0.3 is 0 Å². The van der Waals surface area contributed by atoms with Crippen molar-refractivity contribution < 1.29 is 0 Å². The highest BCUT2D eigenvalue weighted by Crippen LogP contribution is 2.56. The Balaban J connectivity index is 1.06. The van der Waals surface area contributed by atoms with Gasteiger partial charge in [-0.15, -0.1) is 11.3 Å². The van der Waals surface area contributed by atoms with Gasteiger partial charge in [0.25, 0.3) is 0 Å². The quantitative estimate of drug-likeness (QED) is 0.171. The molecular weight excluding hydrogens is 699 g/mol. The summed E-state index contributed by atoms with van der Waals surface area (Å²) in [7, 11) is 0. The SMILES string of the molecule is c1ccc(-c2nc(-c3ccc(-c4ccc5c(c4)sc4ccccc45)cc3)nc(-c3ccc4c(c3)C(c3ccccc3)(c3ccccc3)c3ccccc3-4)n2)cc1. The van der Waals surface area contributed by atoms with Gasteiger partial charge >= 0.3 is 0 Å². The maximum Gasteiger partial charge on any atom is 0.164 e. The molecule has 0 fully saturated rings. The van der Waals surface area contributed by atoms with Crippen LogP contribution in [0.1, 0.15) is 22.3 Å². The van der Waals surface area contributed by atoms with Crippen LogP contribution in [0.25, 0.3) is 76.6 Å². The summed E-state index contributed by atoms with van der Waals surface area (Å²) in [6, 6.07) is 71.6. The molecule has 10 aromatic rings. The van der Waals surface area contributed by atoms with Crippen LogP contribution in [-0.4, -0.2) is 15.0 Å². The average Bonchev–Trinajstić information content (AvgIpc) is 3.80. The first-order valence-corrected chi connectivity index (χ1v) is 19.8. The van der Waals surface area contributed by atoms with Crippen LogP contribution in [-0.2, 0) is 5.41 Å². The number of nitrogens with zero attached hydrogens (tertiary/aromatic N) is 3. The topological polar surface area (TPSA) is 38.7 Å². The van der Waals surface area contributed by atoms with E-state index in [1.165, 1.54) is 59.1 Å². The molecule has 0 spiro atoms. The molecule has 2 heterocycles. The van der Waals surface area contributed by atoms with Crippen LogP contribution >= 0.6 is 11.3 Å².